The standard InChI is InChI=1S/C24H26N4O5S/c1-18(20-11-10-19-6-2-3-7-21(19)16-20)25-24(29)17-26-12-14-27(15-13-26)34(32,33)23-9-5-4-8-22(23)28(30)31/h2-11,16,18H,12-15,17H2,1H3,(H,25,29). The van der Waals surface area contributed by atoms with E-state index >= 15 is 0 Å². The number of hydrogen-bond donors (Lipinski definition) is 1. The summed E-state index contributed by atoms with van der Waals surface area (Å²) < 4.78 is 27.2. The molecule has 1 saturated heterocycles. The monoisotopic (exact) mass is 482 g/mol. The molecule has 3 aromatic carbocycles. The lowest BCUT2D eigenvalue weighted by molar-refractivity contribution is -0.387. The molecule has 0 aromatic heterocycles. The number of nitrogens with one attached hydrogen (secondary N) is 1. The van der Waals surface area contributed by atoms with Gasteiger partial charge in [0.05, 0.1) is 17.5 Å². The molecule has 34 heavy (non-hydrogen) atoms. The molecule has 0 radical (unpaired) electrons. The Labute approximate surface area is 198 Å². The van der Waals surface area contributed by atoms with Crippen LogP contribution in [0.4, 0.5) is 5.69 Å². The Balaban J connectivity index is 1.34. The topological polar surface area (TPSA) is 113 Å². The number of fused-ring (bicyclic) bond motifs is 1. The summed E-state index contributed by atoms with van der Waals surface area (Å²) in [5.74, 6) is -0.143. The van der Waals surface area contributed by atoms with Crippen molar-refractivity contribution in [1.82, 2.24) is 14.5 Å². The molecule has 178 valence electrons. The van der Waals surface area contributed by atoms with Gasteiger partial charge in [0.25, 0.3) is 5.69 Å². The van der Waals surface area contributed by atoms with Crippen LogP contribution in [-0.2, 0) is 14.8 Å². The number of nitrogens with zero attached hydrogens (tertiary/aromatic N) is 3. The van der Waals surface area contributed by atoms with E-state index < -0.39 is 20.6 Å². The van der Waals surface area contributed by atoms with Crippen molar-refractivity contribution in [1.29, 1.82) is 0 Å². The van der Waals surface area contributed by atoms with Crippen molar-refractivity contribution >= 4 is 32.4 Å². The second-order valence-electron chi connectivity index (χ2n) is 8.30. The van der Waals surface area contributed by atoms with Crippen LogP contribution in [0.2, 0.25) is 0 Å². The van der Waals surface area contributed by atoms with Crippen LogP contribution in [0.15, 0.2) is 71.6 Å². The zero-order valence-corrected chi connectivity index (χ0v) is 19.6. The Morgan fingerprint density at radius 2 is 1.65 bits per heavy atom. The van der Waals surface area contributed by atoms with Crippen LogP contribution in [-0.4, -0.2) is 61.2 Å². The van der Waals surface area contributed by atoms with E-state index in [2.05, 4.69) is 11.4 Å². The maximum Gasteiger partial charge on any atom is 0.289 e. The lowest BCUT2D eigenvalue weighted by Gasteiger charge is -2.33. The normalized spacial score (nSPS) is 16.3. The van der Waals surface area contributed by atoms with E-state index in [-0.39, 0.29) is 36.5 Å². The molecule has 1 heterocycles. The third-order valence-electron chi connectivity index (χ3n) is 6.03. The predicted octanol–water partition coefficient (Wildman–Crippen LogP) is 2.93. The summed E-state index contributed by atoms with van der Waals surface area (Å²) in [5.41, 5.74) is 0.569. The maximum absolute atomic E-state index is 13.0. The van der Waals surface area contributed by atoms with E-state index in [9.17, 15) is 23.3 Å². The minimum Gasteiger partial charge on any atom is -0.348 e. The van der Waals surface area contributed by atoms with Gasteiger partial charge in [-0.1, -0.05) is 48.5 Å². The number of nitro benzene ring substituents is 1. The number of para-hydroxylation sites is 1. The molecule has 1 N–H and O–H groups in total. The van der Waals surface area contributed by atoms with Crippen molar-refractivity contribution in [2.45, 2.75) is 17.9 Å². The van der Waals surface area contributed by atoms with E-state index in [1.165, 1.54) is 28.6 Å². The van der Waals surface area contributed by atoms with Gasteiger partial charge in [-0.3, -0.25) is 19.8 Å². The highest BCUT2D eigenvalue weighted by Crippen LogP contribution is 2.27. The molecule has 0 bridgehead atoms. The number of carbonyl (C=O) groups excluding carboxylic acids is 1. The first-order valence-electron chi connectivity index (χ1n) is 11.0. The van der Waals surface area contributed by atoms with Gasteiger partial charge in [0.1, 0.15) is 0 Å². The van der Waals surface area contributed by atoms with Gasteiger partial charge in [0, 0.05) is 32.2 Å². The molecule has 10 heteroatoms. The van der Waals surface area contributed by atoms with Crippen LogP contribution in [0.1, 0.15) is 18.5 Å². The fourth-order valence-electron chi connectivity index (χ4n) is 4.14. The van der Waals surface area contributed by atoms with E-state index in [1.807, 2.05) is 48.2 Å². The Morgan fingerprint density at radius 1 is 1.00 bits per heavy atom. The maximum atomic E-state index is 13.0. The molecule has 1 amide bonds. The number of sulfonamides is 1. The van der Waals surface area contributed by atoms with Crippen molar-refractivity contribution in [3.63, 3.8) is 0 Å². The molecule has 9 nitrogen and oxygen atoms in total. The molecule has 0 aliphatic carbocycles. The minimum absolute atomic E-state index is 0.143. The summed E-state index contributed by atoms with van der Waals surface area (Å²) in [4.78, 5) is 24.8. The zero-order valence-electron chi connectivity index (χ0n) is 18.8. The predicted molar refractivity (Wildman–Crippen MR) is 129 cm³/mol. The molecule has 3 aromatic rings. The van der Waals surface area contributed by atoms with Crippen molar-refractivity contribution in [3.8, 4) is 0 Å². The number of rotatable bonds is 7. The fourth-order valence-corrected chi connectivity index (χ4v) is 5.72. The van der Waals surface area contributed by atoms with Crippen LogP contribution < -0.4 is 5.32 Å². The third kappa shape index (κ3) is 5.09. The molecule has 1 fully saturated rings. The Hall–Kier alpha value is -3.34. The minimum atomic E-state index is -4.00. The van der Waals surface area contributed by atoms with Crippen LogP contribution in [0, 0.1) is 10.1 Å². The first kappa shape index (κ1) is 23.8. The molecule has 1 atom stereocenters. The Kier molecular flexibility index (Phi) is 6.92. The van der Waals surface area contributed by atoms with Gasteiger partial charge in [0.15, 0.2) is 4.90 Å². The van der Waals surface area contributed by atoms with Gasteiger partial charge >= 0.3 is 0 Å². The molecule has 0 spiro atoms. The van der Waals surface area contributed by atoms with Crippen molar-refractivity contribution < 1.29 is 18.1 Å². The summed E-state index contributed by atoms with van der Waals surface area (Å²) in [7, 11) is -4.00. The SMILES string of the molecule is CC(NC(=O)CN1CCN(S(=O)(=O)c2ccccc2[N+](=O)[O-])CC1)c1ccc2ccccc2c1. The van der Waals surface area contributed by atoms with Crippen LogP contribution >= 0.6 is 0 Å². The first-order valence-corrected chi connectivity index (χ1v) is 12.4. The van der Waals surface area contributed by atoms with E-state index in [0.717, 1.165) is 16.3 Å². The van der Waals surface area contributed by atoms with Crippen LogP contribution in [0.25, 0.3) is 10.8 Å². The molecular weight excluding hydrogens is 456 g/mol. The largest absolute Gasteiger partial charge is 0.348 e. The lowest BCUT2D eigenvalue weighted by atomic mass is 10.0. The molecule has 0 saturated carbocycles. The Bertz CT molecular complexity index is 1320. The molecule has 1 unspecified atom stereocenters. The molecule has 4 rings (SSSR count). The quantitative estimate of drug-likeness (QED) is 0.409. The number of hydrogen-bond acceptors (Lipinski definition) is 6. The summed E-state index contributed by atoms with van der Waals surface area (Å²) in [5, 5.41) is 16.5. The van der Waals surface area contributed by atoms with Gasteiger partial charge in [-0.15, -0.1) is 0 Å². The van der Waals surface area contributed by atoms with Gasteiger partial charge in [0.2, 0.25) is 15.9 Å². The molecular formula is C24H26N4O5S. The number of amides is 1. The van der Waals surface area contributed by atoms with Crippen molar-refractivity contribution in [2.24, 2.45) is 0 Å². The highest BCUT2D eigenvalue weighted by Gasteiger charge is 2.33. The van der Waals surface area contributed by atoms with Crippen molar-refractivity contribution in [3.05, 3.63) is 82.4 Å². The summed E-state index contributed by atoms with van der Waals surface area (Å²) in [6, 6.07) is 19.3. The average Bonchev–Trinajstić information content (AvgIpc) is 2.84. The highest BCUT2D eigenvalue weighted by molar-refractivity contribution is 7.89. The number of carbonyl (C=O) groups is 1. The lowest BCUT2D eigenvalue weighted by Crippen LogP contribution is -2.51. The number of nitro groups is 1. The highest BCUT2D eigenvalue weighted by atomic mass is 32.2. The summed E-state index contributed by atoms with van der Waals surface area (Å²) >= 11 is 0. The summed E-state index contributed by atoms with van der Waals surface area (Å²) in [6.45, 7) is 3.11. The third-order valence-corrected chi connectivity index (χ3v) is 7.98. The van der Waals surface area contributed by atoms with E-state index in [0.29, 0.717) is 13.1 Å². The van der Waals surface area contributed by atoms with E-state index in [4.69, 9.17) is 0 Å². The van der Waals surface area contributed by atoms with Crippen LogP contribution in [0.5, 0.6) is 0 Å². The fraction of sp³-hybridized carbons (Fsp3) is 0.292. The van der Waals surface area contributed by atoms with Crippen LogP contribution in [0.3, 0.4) is 0 Å². The summed E-state index contributed by atoms with van der Waals surface area (Å²) in [6.07, 6.45) is 0. The smallest absolute Gasteiger partial charge is 0.289 e. The Morgan fingerprint density at radius 3 is 2.35 bits per heavy atom. The first-order chi connectivity index (χ1) is 16.3. The second kappa shape index (κ2) is 9.88. The van der Waals surface area contributed by atoms with E-state index in [1.54, 1.807) is 0 Å². The van der Waals surface area contributed by atoms with Gasteiger partial charge in [-0.05, 0) is 35.4 Å². The molecule has 1 aliphatic rings. The number of piperazine rings is 1. The van der Waals surface area contributed by atoms with Gasteiger partial charge in [-0.2, -0.15) is 4.31 Å². The number of benzene rings is 3. The molecule has 1 aliphatic heterocycles. The zero-order chi connectivity index (χ0) is 24.3. The van der Waals surface area contributed by atoms with Gasteiger partial charge in [-0.25, -0.2) is 8.42 Å². The van der Waals surface area contributed by atoms with Gasteiger partial charge < -0.3 is 5.32 Å². The average molecular weight is 483 g/mol. The van der Waals surface area contributed by atoms with Crippen molar-refractivity contribution in [2.75, 3.05) is 32.7 Å². The second-order valence-corrected chi connectivity index (χ2v) is 10.2.